The lowest BCUT2D eigenvalue weighted by atomic mass is 9.95. The molecule has 112 valence electrons. The predicted octanol–water partition coefficient (Wildman–Crippen LogP) is 2.98. The third kappa shape index (κ3) is 3.18. The van der Waals surface area contributed by atoms with Crippen LogP contribution in [-0.2, 0) is 17.1 Å². The second-order valence-electron chi connectivity index (χ2n) is 3.65. The molecule has 1 atom stereocenters. The number of carboxylic acid groups (broad SMARTS) is 1. The van der Waals surface area contributed by atoms with Crippen LogP contribution in [0.5, 0.6) is 0 Å². The lowest BCUT2D eigenvalue weighted by Crippen LogP contribution is -2.23. The van der Waals surface area contributed by atoms with Gasteiger partial charge in [-0.25, -0.2) is 9.18 Å². The van der Waals surface area contributed by atoms with Gasteiger partial charge >= 0.3 is 18.3 Å². The van der Waals surface area contributed by atoms with E-state index in [1.807, 2.05) is 0 Å². The highest BCUT2D eigenvalue weighted by molar-refractivity contribution is 5.75. The topological polar surface area (TPSA) is 57.5 Å². The Morgan fingerprint density at radius 2 is 1.35 bits per heavy atom. The molecule has 0 spiro atoms. The van der Waals surface area contributed by atoms with Crippen LogP contribution in [0.3, 0.4) is 0 Å². The Morgan fingerprint density at radius 3 is 1.60 bits per heavy atom. The van der Waals surface area contributed by atoms with Crippen LogP contribution in [0.2, 0.25) is 0 Å². The van der Waals surface area contributed by atoms with Crippen molar-refractivity contribution in [1.82, 2.24) is 0 Å². The minimum atomic E-state index is -5.46. The molecule has 0 aliphatic carbocycles. The number of hydrogen-bond acceptors (Lipinski definition) is 2. The summed E-state index contributed by atoms with van der Waals surface area (Å²) < 4.78 is 88.4. The van der Waals surface area contributed by atoms with Crippen molar-refractivity contribution in [3.05, 3.63) is 34.6 Å². The molecular formula is C10H5F7O3. The van der Waals surface area contributed by atoms with Crippen molar-refractivity contribution in [3.8, 4) is 0 Å². The maximum atomic E-state index is 12.9. The van der Waals surface area contributed by atoms with Crippen molar-refractivity contribution in [3.63, 3.8) is 0 Å². The lowest BCUT2D eigenvalue weighted by Gasteiger charge is -2.20. The van der Waals surface area contributed by atoms with E-state index in [9.17, 15) is 35.5 Å². The van der Waals surface area contributed by atoms with Gasteiger partial charge in [0.25, 0.3) is 0 Å². The average molecular weight is 306 g/mol. The normalized spacial score (nSPS) is 14.2. The van der Waals surface area contributed by atoms with Gasteiger partial charge in [-0.15, -0.1) is 0 Å². The first-order valence-electron chi connectivity index (χ1n) is 4.74. The van der Waals surface area contributed by atoms with Crippen LogP contribution in [0.15, 0.2) is 12.1 Å². The van der Waals surface area contributed by atoms with Gasteiger partial charge < -0.3 is 10.2 Å². The van der Waals surface area contributed by atoms with Crippen molar-refractivity contribution < 1.29 is 45.7 Å². The smallest absolute Gasteiger partial charge is 0.416 e. The highest BCUT2D eigenvalue weighted by Crippen LogP contribution is 2.42. The third-order valence-electron chi connectivity index (χ3n) is 2.26. The number of carboxylic acids is 1. The van der Waals surface area contributed by atoms with Crippen LogP contribution < -0.4 is 0 Å². The van der Waals surface area contributed by atoms with Crippen LogP contribution in [0.25, 0.3) is 0 Å². The number of hydrogen-bond donors (Lipinski definition) is 2. The Morgan fingerprint density at radius 1 is 1.00 bits per heavy atom. The number of rotatable bonds is 2. The molecule has 0 aliphatic heterocycles. The molecule has 1 unspecified atom stereocenters. The summed E-state index contributed by atoms with van der Waals surface area (Å²) in [6.07, 6.45) is -14.0. The van der Waals surface area contributed by atoms with E-state index in [-0.39, 0.29) is 12.1 Å². The fourth-order valence-electron chi connectivity index (χ4n) is 1.51. The second-order valence-corrected chi connectivity index (χ2v) is 3.65. The van der Waals surface area contributed by atoms with E-state index < -0.39 is 46.9 Å². The summed E-state index contributed by atoms with van der Waals surface area (Å²) in [6, 6.07) is -0.618. The number of aliphatic hydroxyl groups excluding tert-OH is 1. The summed E-state index contributed by atoms with van der Waals surface area (Å²) in [4.78, 5) is 10.5. The number of carbonyl (C=O) groups is 1. The fourth-order valence-corrected chi connectivity index (χ4v) is 1.51. The number of benzene rings is 1. The summed E-state index contributed by atoms with van der Waals surface area (Å²) in [7, 11) is 0. The summed E-state index contributed by atoms with van der Waals surface area (Å²) >= 11 is 0. The van der Waals surface area contributed by atoms with Gasteiger partial charge in [0, 0.05) is 5.56 Å². The van der Waals surface area contributed by atoms with Crippen LogP contribution in [0, 0.1) is 5.82 Å². The SMILES string of the molecule is O=C(O)C(O)c1c(C(F)(F)F)cc(F)cc1C(F)(F)F. The summed E-state index contributed by atoms with van der Waals surface area (Å²) in [5.41, 5.74) is -6.33. The molecule has 0 amide bonds. The Bertz CT molecular complexity index is 498. The van der Waals surface area contributed by atoms with Gasteiger partial charge in [0.05, 0.1) is 11.1 Å². The van der Waals surface area contributed by atoms with E-state index >= 15 is 0 Å². The second kappa shape index (κ2) is 4.93. The zero-order valence-electron chi connectivity index (χ0n) is 9.18. The van der Waals surface area contributed by atoms with E-state index in [1.165, 1.54) is 0 Å². The van der Waals surface area contributed by atoms with Crippen LogP contribution >= 0.6 is 0 Å². The van der Waals surface area contributed by atoms with Crippen LogP contribution in [0.4, 0.5) is 30.7 Å². The Labute approximate surface area is 106 Å². The monoisotopic (exact) mass is 306 g/mol. The minimum absolute atomic E-state index is 0.309. The average Bonchev–Trinajstić information content (AvgIpc) is 2.24. The molecule has 0 heterocycles. The van der Waals surface area contributed by atoms with Gasteiger partial charge in [-0.3, -0.25) is 0 Å². The van der Waals surface area contributed by atoms with E-state index in [1.54, 1.807) is 0 Å². The first kappa shape index (κ1) is 16.2. The van der Waals surface area contributed by atoms with Crippen LogP contribution in [-0.4, -0.2) is 16.2 Å². The highest BCUT2D eigenvalue weighted by atomic mass is 19.4. The number of aliphatic carboxylic acids is 1. The summed E-state index contributed by atoms with van der Waals surface area (Å²) in [5, 5.41) is 17.5. The van der Waals surface area contributed by atoms with Crippen molar-refractivity contribution in [2.24, 2.45) is 0 Å². The molecular weight excluding hydrogens is 301 g/mol. The Kier molecular flexibility index (Phi) is 3.99. The maximum Gasteiger partial charge on any atom is 0.416 e. The first-order chi connectivity index (χ1) is 8.85. The fraction of sp³-hybridized carbons (Fsp3) is 0.300. The zero-order chi connectivity index (χ0) is 15.9. The third-order valence-corrected chi connectivity index (χ3v) is 2.26. The van der Waals surface area contributed by atoms with Crippen molar-refractivity contribution in [2.45, 2.75) is 18.5 Å². The molecule has 0 radical (unpaired) electrons. The van der Waals surface area contributed by atoms with E-state index in [2.05, 4.69) is 0 Å². The zero-order valence-corrected chi connectivity index (χ0v) is 9.18. The highest BCUT2D eigenvalue weighted by Gasteiger charge is 2.44. The molecule has 3 nitrogen and oxygen atoms in total. The van der Waals surface area contributed by atoms with Crippen molar-refractivity contribution in [1.29, 1.82) is 0 Å². The molecule has 0 aliphatic rings. The Hall–Kier alpha value is -1.84. The number of aliphatic hydroxyl groups is 1. The van der Waals surface area contributed by atoms with E-state index in [0.29, 0.717) is 0 Å². The molecule has 1 aromatic rings. The molecule has 0 saturated carbocycles. The summed E-state index contributed by atoms with van der Waals surface area (Å²) in [6.45, 7) is 0. The molecule has 0 bridgehead atoms. The molecule has 0 aromatic heterocycles. The first-order valence-corrected chi connectivity index (χ1v) is 4.74. The molecule has 2 N–H and O–H groups in total. The molecule has 0 saturated heterocycles. The van der Waals surface area contributed by atoms with Gasteiger partial charge in [-0.1, -0.05) is 0 Å². The molecule has 0 fully saturated rings. The Balaban J connectivity index is 3.77. The maximum absolute atomic E-state index is 12.9. The predicted molar refractivity (Wildman–Crippen MR) is 49.0 cm³/mol. The number of halogens is 7. The van der Waals surface area contributed by atoms with Crippen molar-refractivity contribution in [2.75, 3.05) is 0 Å². The van der Waals surface area contributed by atoms with E-state index in [4.69, 9.17) is 10.2 Å². The van der Waals surface area contributed by atoms with Gasteiger partial charge in [0.2, 0.25) is 0 Å². The number of alkyl halides is 6. The van der Waals surface area contributed by atoms with Crippen LogP contribution in [0.1, 0.15) is 22.8 Å². The van der Waals surface area contributed by atoms with Gasteiger partial charge in [0.15, 0.2) is 6.10 Å². The van der Waals surface area contributed by atoms with Gasteiger partial charge in [-0.05, 0) is 12.1 Å². The van der Waals surface area contributed by atoms with E-state index in [0.717, 1.165) is 0 Å². The standard InChI is InChI=1S/C10H5F7O3/c11-3-1-4(9(12,13)14)6(7(18)8(19)20)5(2-3)10(15,16)17/h1-2,7,18H,(H,19,20). The quantitative estimate of drug-likeness (QED) is 0.826. The lowest BCUT2D eigenvalue weighted by molar-refractivity contribution is -0.153. The van der Waals surface area contributed by atoms with Gasteiger partial charge in [-0.2, -0.15) is 26.3 Å². The van der Waals surface area contributed by atoms with Gasteiger partial charge in [0.1, 0.15) is 5.82 Å². The largest absolute Gasteiger partial charge is 0.479 e. The molecule has 10 heteroatoms. The molecule has 1 aromatic carbocycles. The molecule has 1 rings (SSSR count). The summed E-state index contributed by atoms with van der Waals surface area (Å²) in [5.74, 6) is -4.18. The minimum Gasteiger partial charge on any atom is -0.479 e. The molecule has 20 heavy (non-hydrogen) atoms. The van der Waals surface area contributed by atoms with Crippen molar-refractivity contribution >= 4 is 5.97 Å².